The van der Waals surface area contributed by atoms with Crippen molar-refractivity contribution in [2.24, 2.45) is 10.7 Å². The van der Waals surface area contributed by atoms with Crippen molar-refractivity contribution < 1.29 is 9.47 Å². The number of hydrogen-bond acceptors (Lipinski definition) is 4. The van der Waals surface area contributed by atoms with E-state index in [2.05, 4.69) is 20.9 Å². The molecule has 122 valence electrons. The highest BCUT2D eigenvalue weighted by molar-refractivity contribution is 9.10. The number of hydrogen-bond donors (Lipinski definition) is 1. The van der Waals surface area contributed by atoms with Crippen molar-refractivity contribution in [1.29, 1.82) is 0 Å². The smallest absolute Gasteiger partial charge is 0.161 e. The first-order chi connectivity index (χ1) is 11.0. The lowest BCUT2D eigenvalue weighted by atomic mass is 10.2. The average molecular weight is 416 g/mol. The van der Waals surface area contributed by atoms with Crippen LogP contribution in [0.15, 0.2) is 45.9 Å². The van der Waals surface area contributed by atoms with Crippen LogP contribution in [0.2, 0.25) is 5.02 Å². The molecule has 0 aromatic heterocycles. The number of nitrogens with zero attached hydrogens (tertiary/aromatic N) is 1. The zero-order chi connectivity index (χ0) is 16.8. The maximum Gasteiger partial charge on any atom is 0.161 e. The summed E-state index contributed by atoms with van der Waals surface area (Å²) in [7, 11) is 3.22. The maximum atomic E-state index is 5.98. The highest BCUT2D eigenvalue weighted by Gasteiger charge is 2.10. The van der Waals surface area contributed by atoms with Crippen LogP contribution in [0, 0.1) is 0 Å². The molecule has 7 heteroatoms. The third-order valence-electron chi connectivity index (χ3n) is 2.99. The molecule has 23 heavy (non-hydrogen) atoms. The average Bonchev–Trinajstić information content (AvgIpc) is 2.55. The van der Waals surface area contributed by atoms with Crippen LogP contribution in [-0.2, 0) is 5.75 Å². The normalized spacial score (nSPS) is 11.4. The number of nitrogens with two attached hydrogens (primary N) is 1. The van der Waals surface area contributed by atoms with Crippen molar-refractivity contribution in [3.05, 3.63) is 51.5 Å². The molecule has 2 rings (SSSR count). The predicted octanol–water partition coefficient (Wildman–Crippen LogP) is 5.00. The molecule has 0 heterocycles. The number of aliphatic imine (C=N–C) groups is 1. The van der Waals surface area contributed by atoms with Gasteiger partial charge in [0.15, 0.2) is 16.7 Å². The Morgan fingerprint density at radius 3 is 2.39 bits per heavy atom. The van der Waals surface area contributed by atoms with Gasteiger partial charge in [0.1, 0.15) is 0 Å². The molecule has 0 unspecified atom stereocenters. The molecule has 0 aliphatic carbocycles. The van der Waals surface area contributed by atoms with Crippen LogP contribution in [0.25, 0.3) is 0 Å². The Hall–Kier alpha value is -1.37. The van der Waals surface area contributed by atoms with E-state index in [4.69, 9.17) is 26.8 Å². The fourth-order valence-electron chi connectivity index (χ4n) is 1.83. The van der Waals surface area contributed by atoms with E-state index in [1.54, 1.807) is 26.4 Å². The second-order valence-electron chi connectivity index (χ2n) is 4.51. The fourth-order valence-corrected chi connectivity index (χ4v) is 3.32. The molecule has 0 saturated heterocycles. The summed E-state index contributed by atoms with van der Waals surface area (Å²) < 4.78 is 11.5. The highest BCUT2D eigenvalue weighted by Crippen LogP contribution is 2.35. The molecule has 0 aliphatic rings. The quantitative estimate of drug-likeness (QED) is 0.551. The summed E-state index contributed by atoms with van der Waals surface area (Å²) in [6.07, 6.45) is 0. The maximum absolute atomic E-state index is 5.98. The van der Waals surface area contributed by atoms with Crippen LogP contribution >= 0.6 is 39.3 Å². The molecule has 2 N–H and O–H groups in total. The minimum absolute atomic E-state index is 0.481. The lowest BCUT2D eigenvalue weighted by molar-refractivity contribution is 0.354. The number of halogens is 2. The molecule has 0 radical (unpaired) electrons. The zero-order valence-electron chi connectivity index (χ0n) is 12.7. The van der Waals surface area contributed by atoms with E-state index < -0.39 is 0 Å². The standard InChI is InChI=1S/C16H16BrClN2O2S/c1-21-14-7-10(13(17)8-15(14)22-2)9-23-16(19)20-12-5-3-11(18)4-6-12/h3-8H,9H2,1-2H3,(H2,19,20). The number of methoxy groups -OCH3 is 2. The topological polar surface area (TPSA) is 56.8 Å². The van der Waals surface area contributed by atoms with Gasteiger partial charge in [0, 0.05) is 15.2 Å². The Kier molecular flexibility index (Phi) is 6.62. The van der Waals surface area contributed by atoms with Gasteiger partial charge in [0.2, 0.25) is 0 Å². The van der Waals surface area contributed by atoms with Crippen LogP contribution in [0.5, 0.6) is 11.5 Å². The first kappa shape index (κ1) is 18.0. The van der Waals surface area contributed by atoms with Crippen molar-refractivity contribution in [2.75, 3.05) is 14.2 Å². The number of ether oxygens (including phenoxy) is 2. The SMILES string of the molecule is COc1cc(Br)c(CSC(N)=Nc2ccc(Cl)cc2)cc1OC. The van der Waals surface area contributed by atoms with Gasteiger partial charge in [-0.2, -0.15) is 0 Å². The van der Waals surface area contributed by atoms with Gasteiger partial charge in [-0.1, -0.05) is 39.3 Å². The minimum Gasteiger partial charge on any atom is -0.493 e. The molecule has 2 aromatic carbocycles. The zero-order valence-corrected chi connectivity index (χ0v) is 15.8. The number of rotatable bonds is 5. The molecule has 0 atom stereocenters. The molecule has 2 aromatic rings. The van der Waals surface area contributed by atoms with Gasteiger partial charge in [-0.15, -0.1) is 0 Å². The number of amidine groups is 1. The van der Waals surface area contributed by atoms with Crippen LogP contribution in [0.1, 0.15) is 5.56 Å². The van der Waals surface area contributed by atoms with Crippen molar-refractivity contribution in [1.82, 2.24) is 0 Å². The fraction of sp³-hybridized carbons (Fsp3) is 0.188. The Balaban J connectivity index is 2.09. The molecule has 0 amide bonds. The van der Waals surface area contributed by atoms with Gasteiger partial charge in [0.05, 0.1) is 19.9 Å². The Morgan fingerprint density at radius 2 is 1.78 bits per heavy atom. The lowest BCUT2D eigenvalue weighted by Crippen LogP contribution is -2.06. The van der Waals surface area contributed by atoms with Crippen molar-refractivity contribution in [3.8, 4) is 11.5 Å². The minimum atomic E-state index is 0.481. The number of thioether (sulfide) groups is 1. The van der Waals surface area contributed by atoms with Crippen LogP contribution in [0.4, 0.5) is 5.69 Å². The van der Waals surface area contributed by atoms with E-state index in [0.717, 1.165) is 15.7 Å². The molecule has 0 fully saturated rings. The highest BCUT2D eigenvalue weighted by atomic mass is 79.9. The predicted molar refractivity (Wildman–Crippen MR) is 101 cm³/mol. The summed E-state index contributed by atoms with van der Waals surface area (Å²) in [6, 6.07) is 11.0. The summed E-state index contributed by atoms with van der Waals surface area (Å²) in [5.74, 6) is 2.01. The summed E-state index contributed by atoms with van der Waals surface area (Å²) in [5.41, 5.74) is 7.79. The van der Waals surface area contributed by atoms with Crippen LogP contribution in [-0.4, -0.2) is 19.4 Å². The number of benzene rings is 2. The molecular weight excluding hydrogens is 400 g/mol. The van der Waals surface area contributed by atoms with E-state index in [1.807, 2.05) is 24.3 Å². The van der Waals surface area contributed by atoms with Crippen molar-refractivity contribution >= 4 is 50.1 Å². The first-order valence-corrected chi connectivity index (χ1v) is 8.82. The Bertz CT molecular complexity index is 708. The van der Waals surface area contributed by atoms with Crippen molar-refractivity contribution in [2.45, 2.75) is 5.75 Å². The Labute approximate surface area is 153 Å². The van der Waals surface area contributed by atoms with E-state index >= 15 is 0 Å². The second kappa shape index (κ2) is 8.47. The second-order valence-corrected chi connectivity index (χ2v) is 6.80. The lowest BCUT2D eigenvalue weighted by Gasteiger charge is -2.11. The van der Waals surface area contributed by atoms with Gasteiger partial charge in [-0.25, -0.2) is 4.99 Å². The van der Waals surface area contributed by atoms with Gasteiger partial charge >= 0.3 is 0 Å². The van der Waals surface area contributed by atoms with E-state index in [1.165, 1.54) is 11.8 Å². The van der Waals surface area contributed by atoms with Crippen molar-refractivity contribution in [3.63, 3.8) is 0 Å². The van der Waals surface area contributed by atoms with Gasteiger partial charge < -0.3 is 15.2 Å². The third kappa shape index (κ3) is 5.06. The summed E-state index contributed by atoms with van der Waals surface area (Å²) in [4.78, 5) is 4.35. The molecule has 0 aliphatic heterocycles. The molecule has 4 nitrogen and oxygen atoms in total. The first-order valence-electron chi connectivity index (χ1n) is 6.66. The molecule has 0 spiro atoms. The molecule has 0 saturated carbocycles. The molecular formula is C16H16BrClN2O2S. The third-order valence-corrected chi connectivity index (χ3v) is 4.83. The summed E-state index contributed by atoms with van der Waals surface area (Å²) in [6.45, 7) is 0. The van der Waals surface area contributed by atoms with Gasteiger partial charge in [-0.3, -0.25) is 0 Å². The van der Waals surface area contributed by atoms with E-state index in [9.17, 15) is 0 Å². The Morgan fingerprint density at radius 1 is 1.17 bits per heavy atom. The van der Waals surface area contributed by atoms with Crippen LogP contribution in [0.3, 0.4) is 0 Å². The molecule has 0 bridgehead atoms. The van der Waals surface area contributed by atoms with E-state index in [0.29, 0.717) is 27.4 Å². The van der Waals surface area contributed by atoms with Gasteiger partial charge in [0.25, 0.3) is 0 Å². The van der Waals surface area contributed by atoms with E-state index in [-0.39, 0.29) is 0 Å². The monoisotopic (exact) mass is 414 g/mol. The summed E-state index contributed by atoms with van der Waals surface area (Å²) >= 11 is 10.8. The van der Waals surface area contributed by atoms with Crippen LogP contribution < -0.4 is 15.2 Å². The largest absolute Gasteiger partial charge is 0.493 e. The van der Waals surface area contributed by atoms with Gasteiger partial charge in [-0.05, 0) is 42.0 Å². The summed E-state index contributed by atoms with van der Waals surface area (Å²) in [5, 5.41) is 1.15.